The van der Waals surface area contributed by atoms with Gasteiger partial charge in [-0.3, -0.25) is 9.69 Å². The molecular formula is C15H30N2O2. The van der Waals surface area contributed by atoms with Gasteiger partial charge < -0.3 is 10.0 Å². The Balaban J connectivity index is 2.50. The minimum atomic E-state index is -0.0289. The van der Waals surface area contributed by atoms with Gasteiger partial charge in [-0.15, -0.1) is 0 Å². The predicted molar refractivity (Wildman–Crippen MR) is 78.0 cm³/mol. The molecule has 1 aliphatic heterocycles. The van der Waals surface area contributed by atoms with E-state index in [1.165, 1.54) is 0 Å². The summed E-state index contributed by atoms with van der Waals surface area (Å²) in [5.41, 5.74) is -0.0289. The molecule has 1 heterocycles. The fourth-order valence-corrected chi connectivity index (χ4v) is 2.88. The van der Waals surface area contributed by atoms with Crippen LogP contribution in [0.4, 0.5) is 0 Å². The van der Waals surface area contributed by atoms with Crippen molar-refractivity contribution in [1.82, 2.24) is 9.80 Å². The summed E-state index contributed by atoms with van der Waals surface area (Å²) in [6.45, 7) is 10.6. The summed E-state index contributed by atoms with van der Waals surface area (Å²) in [4.78, 5) is 16.5. The van der Waals surface area contributed by atoms with E-state index >= 15 is 0 Å². The van der Waals surface area contributed by atoms with Crippen molar-refractivity contribution < 1.29 is 9.90 Å². The van der Waals surface area contributed by atoms with Gasteiger partial charge in [0.2, 0.25) is 5.91 Å². The molecule has 1 fully saturated rings. The first kappa shape index (κ1) is 16.4. The number of hydrogen-bond acceptors (Lipinski definition) is 3. The minimum Gasteiger partial charge on any atom is -0.396 e. The van der Waals surface area contributed by atoms with E-state index in [-0.39, 0.29) is 17.9 Å². The maximum Gasteiger partial charge on any atom is 0.236 e. The molecule has 0 aromatic heterocycles. The largest absolute Gasteiger partial charge is 0.396 e. The van der Waals surface area contributed by atoms with E-state index in [0.29, 0.717) is 6.54 Å². The van der Waals surface area contributed by atoms with Crippen LogP contribution in [0.5, 0.6) is 0 Å². The van der Waals surface area contributed by atoms with Gasteiger partial charge >= 0.3 is 0 Å². The van der Waals surface area contributed by atoms with Crippen LogP contribution >= 0.6 is 0 Å². The number of amides is 1. The Morgan fingerprint density at radius 2 is 1.95 bits per heavy atom. The summed E-state index contributed by atoms with van der Waals surface area (Å²) in [5, 5.41) is 9.46. The van der Waals surface area contributed by atoms with Crippen LogP contribution in [0.25, 0.3) is 0 Å². The van der Waals surface area contributed by atoms with Gasteiger partial charge in [-0.05, 0) is 32.2 Å². The first-order valence-electron chi connectivity index (χ1n) is 7.65. The van der Waals surface area contributed by atoms with E-state index in [1.54, 1.807) is 0 Å². The van der Waals surface area contributed by atoms with Crippen molar-refractivity contribution in [2.24, 2.45) is 5.41 Å². The summed E-state index contributed by atoms with van der Waals surface area (Å²) < 4.78 is 0. The highest BCUT2D eigenvalue weighted by molar-refractivity contribution is 5.78. The first-order valence-corrected chi connectivity index (χ1v) is 7.65. The zero-order valence-corrected chi connectivity index (χ0v) is 12.8. The van der Waals surface area contributed by atoms with Gasteiger partial charge in [0.15, 0.2) is 0 Å². The molecule has 0 saturated carbocycles. The van der Waals surface area contributed by atoms with E-state index in [9.17, 15) is 9.90 Å². The molecule has 1 amide bonds. The van der Waals surface area contributed by atoms with E-state index < -0.39 is 0 Å². The lowest BCUT2D eigenvalue weighted by atomic mass is 9.83. The maximum absolute atomic E-state index is 12.3. The molecule has 0 bridgehead atoms. The van der Waals surface area contributed by atoms with Crippen molar-refractivity contribution in [1.29, 1.82) is 0 Å². The Kier molecular flexibility index (Phi) is 6.80. The highest BCUT2D eigenvalue weighted by Crippen LogP contribution is 2.28. The minimum absolute atomic E-state index is 0.0289. The molecular weight excluding hydrogens is 240 g/mol. The zero-order chi connectivity index (χ0) is 14.3. The van der Waals surface area contributed by atoms with Crippen LogP contribution in [0, 0.1) is 5.41 Å². The lowest BCUT2D eigenvalue weighted by Gasteiger charge is -2.39. The molecule has 112 valence electrons. The predicted octanol–water partition coefficient (Wildman–Crippen LogP) is 1.73. The van der Waals surface area contributed by atoms with Crippen molar-refractivity contribution in [3.05, 3.63) is 0 Å². The maximum atomic E-state index is 12.3. The van der Waals surface area contributed by atoms with Gasteiger partial charge in [-0.1, -0.05) is 20.8 Å². The number of carbonyl (C=O) groups is 1. The smallest absolute Gasteiger partial charge is 0.236 e. The third-order valence-corrected chi connectivity index (χ3v) is 3.94. The number of carbonyl (C=O) groups excluding carboxylic acids is 1. The van der Waals surface area contributed by atoms with Crippen molar-refractivity contribution in [3.8, 4) is 0 Å². The second-order valence-corrected chi connectivity index (χ2v) is 6.16. The second kappa shape index (κ2) is 7.85. The van der Waals surface area contributed by atoms with Gasteiger partial charge in [-0.25, -0.2) is 0 Å². The molecule has 1 saturated heterocycles. The standard InChI is InChI=1S/C15H30N2O2/c1-4-8-17(9-5-2)14(19)11-16-10-6-7-15(3,12-16)13-18/h18H,4-13H2,1-3H3. The molecule has 1 atom stereocenters. The second-order valence-electron chi connectivity index (χ2n) is 6.16. The van der Waals surface area contributed by atoms with Crippen LogP contribution in [0.1, 0.15) is 46.5 Å². The van der Waals surface area contributed by atoms with Gasteiger partial charge in [0.05, 0.1) is 6.54 Å². The molecule has 4 heteroatoms. The summed E-state index contributed by atoms with van der Waals surface area (Å²) in [5.74, 6) is 0.242. The normalized spacial score (nSPS) is 24.4. The third-order valence-electron chi connectivity index (χ3n) is 3.94. The van der Waals surface area contributed by atoms with Crippen molar-refractivity contribution in [2.45, 2.75) is 46.5 Å². The fraction of sp³-hybridized carbons (Fsp3) is 0.933. The van der Waals surface area contributed by atoms with Gasteiger partial charge in [-0.2, -0.15) is 0 Å². The Bertz CT molecular complexity index is 277. The monoisotopic (exact) mass is 270 g/mol. The number of aliphatic hydroxyl groups is 1. The molecule has 0 radical (unpaired) electrons. The molecule has 1 rings (SSSR count). The van der Waals surface area contributed by atoms with Crippen LogP contribution in [0.15, 0.2) is 0 Å². The Morgan fingerprint density at radius 3 is 2.47 bits per heavy atom. The third kappa shape index (κ3) is 5.11. The molecule has 0 aliphatic carbocycles. The topological polar surface area (TPSA) is 43.8 Å². The number of aliphatic hydroxyl groups excluding tert-OH is 1. The van der Waals surface area contributed by atoms with E-state index in [0.717, 1.165) is 51.9 Å². The van der Waals surface area contributed by atoms with Crippen molar-refractivity contribution in [3.63, 3.8) is 0 Å². The van der Waals surface area contributed by atoms with E-state index in [1.807, 2.05) is 4.90 Å². The van der Waals surface area contributed by atoms with Crippen LogP contribution in [0.3, 0.4) is 0 Å². The summed E-state index contributed by atoms with van der Waals surface area (Å²) in [6.07, 6.45) is 4.16. The summed E-state index contributed by atoms with van der Waals surface area (Å²) in [7, 11) is 0. The van der Waals surface area contributed by atoms with Crippen molar-refractivity contribution >= 4 is 5.91 Å². The number of nitrogens with zero attached hydrogens (tertiary/aromatic N) is 2. The average Bonchev–Trinajstić information content (AvgIpc) is 2.38. The molecule has 1 aliphatic rings. The van der Waals surface area contributed by atoms with Crippen molar-refractivity contribution in [2.75, 3.05) is 39.3 Å². The van der Waals surface area contributed by atoms with E-state index in [2.05, 4.69) is 25.7 Å². The highest BCUT2D eigenvalue weighted by Gasteiger charge is 2.31. The number of piperidine rings is 1. The molecule has 0 spiro atoms. The molecule has 19 heavy (non-hydrogen) atoms. The first-order chi connectivity index (χ1) is 9.04. The molecule has 1 unspecified atom stereocenters. The molecule has 0 aromatic carbocycles. The Hall–Kier alpha value is -0.610. The highest BCUT2D eigenvalue weighted by atomic mass is 16.3. The molecule has 1 N–H and O–H groups in total. The van der Waals surface area contributed by atoms with Crippen LogP contribution < -0.4 is 0 Å². The van der Waals surface area contributed by atoms with Crippen LogP contribution in [-0.2, 0) is 4.79 Å². The molecule has 0 aromatic rings. The lowest BCUT2D eigenvalue weighted by Crippen LogP contribution is -2.48. The SMILES string of the molecule is CCCN(CCC)C(=O)CN1CCCC(C)(CO)C1. The van der Waals surface area contributed by atoms with E-state index in [4.69, 9.17) is 0 Å². The molecule has 4 nitrogen and oxygen atoms in total. The van der Waals surface area contributed by atoms with Crippen LogP contribution in [-0.4, -0.2) is 60.1 Å². The Morgan fingerprint density at radius 1 is 1.32 bits per heavy atom. The number of hydrogen-bond donors (Lipinski definition) is 1. The van der Waals surface area contributed by atoms with Gasteiger partial charge in [0, 0.05) is 31.7 Å². The quantitative estimate of drug-likeness (QED) is 0.766. The average molecular weight is 270 g/mol. The fourth-order valence-electron chi connectivity index (χ4n) is 2.88. The number of likely N-dealkylation sites (tertiary alicyclic amines) is 1. The van der Waals surface area contributed by atoms with Gasteiger partial charge in [0.1, 0.15) is 0 Å². The lowest BCUT2D eigenvalue weighted by molar-refractivity contribution is -0.133. The summed E-state index contributed by atoms with van der Waals surface area (Å²) in [6, 6.07) is 0. The van der Waals surface area contributed by atoms with Crippen LogP contribution in [0.2, 0.25) is 0 Å². The zero-order valence-electron chi connectivity index (χ0n) is 12.8. The number of rotatable bonds is 7. The van der Waals surface area contributed by atoms with Gasteiger partial charge in [0.25, 0.3) is 0 Å². The Labute approximate surface area is 117 Å². The summed E-state index contributed by atoms with van der Waals surface area (Å²) >= 11 is 0.